The van der Waals surface area contributed by atoms with E-state index in [-0.39, 0.29) is 5.91 Å². The molecule has 0 radical (unpaired) electrons. The third-order valence-electron chi connectivity index (χ3n) is 4.70. The summed E-state index contributed by atoms with van der Waals surface area (Å²) in [6, 6.07) is 17.4. The highest BCUT2D eigenvalue weighted by Crippen LogP contribution is 2.29. The third-order valence-corrected chi connectivity index (χ3v) is 5.70. The van der Waals surface area contributed by atoms with E-state index in [0.29, 0.717) is 10.7 Å². The van der Waals surface area contributed by atoms with Crippen molar-refractivity contribution in [2.75, 3.05) is 23.7 Å². The van der Waals surface area contributed by atoms with Crippen LogP contribution in [0.4, 0.5) is 16.5 Å². The van der Waals surface area contributed by atoms with Crippen LogP contribution in [0.2, 0.25) is 0 Å². The number of para-hydroxylation sites is 2. The van der Waals surface area contributed by atoms with Crippen LogP contribution in [-0.2, 0) is 13.0 Å². The van der Waals surface area contributed by atoms with Gasteiger partial charge in [-0.2, -0.15) is 0 Å². The minimum absolute atomic E-state index is 0.146. The molecule has 1 aliphatic rings. The Kier molecular flexibility index (Phi) is 5.18. The number of carbonyl (C=O) groups excluding carboxylic acids is 1. The van der Waals surface area contributed by atoms with Gasteiger partial charge in [-0.1, -0.05) is 37.3 Å². The zero-order chi connectivity index (χ0) is 18.6. The molecule has 27 heavy (non-hydrogen) atoms. The van der Waals surface area contributed by atoms with Crippen LogP contribution in [0.1, 0.15) is 27.9 Å². The Hall–Kier alpha value is -2.70. The fraction of sp³-hybridized carbons (Fsp3) is 0.238. The Morgan fingerprint density at radius 1 is 1.15 bits per heavy atom. The van der Waals surface area contributed by atoms with E-state index in [9.17, 15) is 4.79 Å². The molecule has 4 rings (SSSR count). The standard InChI is InChI=1S/C21H22N4OS/c1-2-25-13-12-18-19(14-25)27-21(23-18)24-20(26)16-10-6-7-11-17(16)22-15-8-4-3-5-9-15/h3-11,22H,2,12-14H2,1H3,(H,23,24,26). The number of nitrogens with one attached hydrogen (secondary N) is 2. The van der Waals surface area contributed by atoms with E-state index in [4.69, 9.17) is 0 Å². The number of likely N-dealkylation sites (N-methyl/N-ethyl adjacent to an activating group) is 1. The number of amides is 1. The highest BCUT2D eigenvalue weighted by molar-refractivity contribution is 7.15. The molecule has 6 heteroatoms. The Morgan fingerprint density at radius 2 is 1.93 bits per heavy atom. The normalized spacial score (nSPS) is 13.8. The Balaban J connectivity index is 1.52. The number of aromatic nitrogens is 1. The number of anilines is 3. The SMILES string of the molecule is CCN1CCc2nc(NC(=O)c3ccccc3Nc3ccccc3)sc2C1. The van der Waals surface area contributed by atoms with Gasteiger partial charge in [0.2, 0.25) is 0 Å². The van der Waals surface area contributed by atoms with E-state index in [1.165, 1.54) is 4.88 Å². The molecule has 1 amide bonds. The fourth-order valence-electron chi connectivity index (χ4n) is 3.20. The highest BCUT2D eigenvalue weighted by atomic mass is 32.1. The summed E-state index contributed by atoms with van der Waals surface area (Å²) in [7, 11) is 0. The fourth-order valence-corrected chi connectivity index (χ4v) is 4.25. The van der Waals surface area contributed by atoms with Gasteiger partial charge < -0.3 is 5.32 Å². The average Bonchev–Trinajstić information content (AvgIpc) is 3.10. The van der Waals surface area contributed by atoms with Gasteiger partial charge in [0.25, 0.3) is 5.91 Å². The van der Waals surface area contributed by atoms with Crippen LogP contribution in [0.25, 0.3) is 0 Å². The predicted molar refractivity (Wildman–Crippen MR) is 111 cm³/mol. The van der Waals surface area contributed by atoms with Crippen molar-refractivity contribution >= 4 is 33.8 Å². The lowest BCUT2D eigenvalue weighted by atomic mass is 10.1. The maximum Gasteiger partial charge on any atom is 0.259 e. The van der Waals surface area contributed by atoms with Gasteiger partial charge in [0.15, 0.2) is 5.13 Å². The van der Waals surface area contributed by atoms with Gasteiger partial charge in [0.1, 0.15) is 0 Å². The van der Waals surface area contributed by atoms with E-state index < -0.39 is 0 Å². The molecule has 0 spiro atoms. The van der Waals surface area contributed by atoms with Crippen LogP contribution in [-0.4, -0.2) is 28.9 Å². The summed E-state index contributed by atoms with van der Waals surface area (Å²) in [6.45, 7) is 5.17. The number of carbonyl (C=O) groups is 1. The van der Waals surface area contributed by atoms with Crippen LogP contribution in [0.15, 0.2) is 54.6 Å². The number of nitrogens with zero attached hydrogens (tertiary/aromatic N) is 2. The topological polar surface area (TPSA) is 57.3 Å². The van der Waals surface area contributed by atoms with Crippen molar-refractivity contribution in [3.05, 3.63) is 70.7 Å². The molecule has 0 aliphatic carbocycles. The quantitative estimate of drug-likeness (QED) is 0.685. The molecule has 0 saturated heterocycles. The lowest BCUT2D eigenvalue weighted by Gasteiger charge is -2.23. The second-order valence-corrected chi connectivity index (χ2v) is 7.58. The number of hydrogen-bond donors (Lipinski definition) is 2. The number of thiazole rings is 1. The van der Waals surface area contributed by atoms with Gasteiger partial charge >= 0.3 is 0 Å². The molecule has 138 valence electrons. The van der Waals surface area contributed by atoms with Gasteiger partial charge in [-0.25, -0.2) is 4.98 Å². The van der Waals surface area contributed by atoms with Gasteiger partial charge in [-0.15, -0.1) is 11.3 Å². The number of hydrogen-bond acceptors (Lipinski definition) is 5. The molecule has 0 saturated carbocycles. The first-order valence-corrected chi connectivity index (χ1v) is 9.98. The van der Waals surface area contributed by atoms with Gasteiger partial charge in [-0.3, -0.25) is 15.0 Å². The van der Waals surface area contributed by atoms with Crippen LogP contribution in [0.3, 0.4) is 0 Å². The second-order valence-electron chi connectivity index (χ2n) is 6.50. The zero-order valence-corrected chi connectivity index (χ0v) is 16.1. The minimum Gasteiger partial charge on any atom is -0.355 e. The summed E-state index contributed by atoms with van der Waals surface area (Å²) in [6.07, 6.45) is 0.946. The van der Waals surface area contributed by atoms with Gasteiger partial charge in [0, 0.05) is 30.1 Å². The molecule has 5 nitrogen and oxygen atoms in total. The van der Waals surface area contributed by atoms with E-state index >= 15 is 0 Å². The summed E-state index contributed by atoms with van der Waals surface area (Å²) in [5.41, 5.74) is 3.45. The van der Waals surface area contributed by atoms with Crippen LogP contribution < -0.4 is 10.6 Å². The molecular weight excluding hydrogens is 356 g/mol. The molecule has 0 fully saturated rings. The summed E-state index contributed by atoms with van der Waals surface area (Å²) in [4.78, 5) is 21.2. The summed E-state index contributed by atoms with van der Waals surface area (Å²) in [5, 5.41) is 6.98. The van der Waals surface area contributed by atoms with Crippen molar-refractivity contribution in [1.29, 1.82) is 0 Å². The molecule has 0 unspecified atom stereocenters. The van der Waals surface area contributed by atoms with E-state index in [1.54, 1.807) is 11.3 Å². The largest absolute Gasteiger partial charge is 0.355 e. The first-order valence-electron chi connectivity index (χ1n) is 9.16. The van der Waals surface area contributed by atoms with Crippen LogP contribution in [0.5, 0.6) is 0 Å². The van der Waals surface area contributed by atoms with E-state index in [2.05, 4.69) is 27.4 Å². The van der Waals surface area contributed by atoms with Crippen molar-refractivity contribution in [2.45, 2.75) is 19.9 Å². The lowest BCUT2D eigenvalue weighted by molar-refractivity contribution is 0.102. The lowest BCUT2D eigenvalue weighted by Crippen LogP contribution is -2.29. The molecule has 2 aromatic carbocycles. The molecule has 3 aromatic rings. The maximum absolute atomic E-state index is 12.9. The Morgan fingerprint density at radius 3 is 2.74 bits per heavy atom. The molecule has 1 aliphatic heterocycles. The van der Waals surface area contributed by atoms with Crippen molar-refractivity contribution in [1.82, 2.24) is 9.88 Å². The van der Waals surface area contributed by atoms with Crippen molar-refractivity contribution < 1.29 is 4.79 Å². The predicted octanol–water partition coefficient (Wildman–Crippen LogP) is 4.52. The van der Waals surface area contributed by atoms with Crippen molar-refractivity contribution in [2.24, 2.45) is 0 Å². The molecular formula is C21H22N4OS. The first-order chi connectivity index (χ1) is 13.2. The van der Waals surface area contributed by atoms with E-state index in [0.717, 1.165) is 43.1 Å². The Bertz CT molecular complexity index is 938. The van der Waals surface area contributed by atoms with Crippen LogP contribution >= 0.6 is 11.3 Å². The summed E-state index contributed by atoms with van der Waals surface area (Å²) >= 11 is 1.58. The van der Waals surface area contributed by atoms with Gasteiger partial charge in [-0.05, 0) is 30.8 Å². The first kappa shape index (κ1) is 17.7. The van der Waals surface area contributed by atoms with Crippen molar-refractivity contribution in [3.8, 4) is 0 Å². The summed E-state index contributed by atoms with van der Waals surface area (Å²) in [5.74, 6) is -0.146. The molecule has 2 heterocycles. The average molecular weight is 379 g/mol. The summed E-state index contributed by atoms with van der Waals surface area (Å²) < 4.78 is 0. The highest BCUT2D eigenvalue weighted by Gasteiger charge is 2.21. The molecule has 1 aromatic heterocycles. The van der Waals surface area contributed by atoms with E-state index in [1.807, 2.05) is 54.6 Å². The maximum atomic E-state index is 12.9. The smallest absolute Gasteiger partial charge is 0.259 e. The monoisotopic (exact) mass is 378 g/mol. The molecule has 0 bridgehead atoms. The van der Waals surface area contributed by atoms with Crippen LogP contribution in [0, 0.1) is 0 Å². The number of rotatable bonds is 5. The van der Waals surface area contributed by atoms with Gasteiger partial charge in [0.05, 0.1) is 16.9 Å². The third kappa shape index (κ3) is 4.02. The van der Waals surface area contributed by atoms with Crippen molar-refractivity contribution in [3.63, 3.8) is 0 Å². The zero-order valence-electron chi connectivity index (χ0n) is 15.2. The minimum atomic E-state index is -0.146. The second kappa shape index (κ2) is 7.90. The number of benzene rings is 2. The molecule has 2 N–H and O–H groups in total. The Labute approximate surface area is 163 Å². The number of fused-ring (bicyclic) bond motifs is 1. The molecule has 0 atom stereocenters.